The van der Waals surface area contributed by atoms with E-state index in [0.29, 0.717) is 11.6 Å². The molecule has 0 aromatic rings. The molecule has 0 aliphatic carbocycles. The maximum Gasteiger partial charge on any atom is 0.311 e. The maximum atomic E-state index is 11.7. The number of aliphatic carboxylic acids is 1. The average Bonchev–Trinajstić information content (AvgIpc) is 2.45. The number of carbonyl (C=O) groups excluding carboxylic acids is 1. The Kier molecular flexibility index (Phi) is 2.86. The van der Waals surface area contributed by atoms with Gasteiger partial charge in [0.25, 0.3) is 0 Å². The molecule has 0 unspecified atom stereocenters. The summed E-state index contributed by atoms with van der Waals surface area (Å²) in [6, 6.07) is 0.616. The number of rotatable bonds is 3. The lowest BCUT2D eigenvalue weighted by Crippen LogP contribution is -2.31. The van der Waals surface area contributed by atoms with Gasteiger partial charge in [-0.05, 0) is 25.7 Å². The zero-order valence-corrected chi connectivity index (χ0v) is 8.53. The lowest BCUT2D eigenvalue weighted by molar-refractivity contribution is -0.139. The Labute approximate surface area is 88.4 Å². The van der Waals surface area contributed by atoms with Gasteiger partial charge in [-0.15, -0.1) is 0 Å². The first kappa shape index (κ1) is 10.4. The molecule has 0 amide bonds. The minimum Gasteiger partial charge on any atom is -0.481 e. The highest BCUT2D eigenvalue weighted by Crippen LogP contribution is 2.26. The van der Waals surface area contributed by atoms with Gasteiger partial charge in [0, 0.05) is 17.7 Å². The predicted molar refractivity (Wildman–Crippen MR) is 54.5 cm³/mol. The molecule has 2 rings (SSSR count). The standard InChI is InChI=1S/C11H15NO3/c13-10(6-11(14)15)8-3-1-2-7-4-5-9(8)12-7/h3,7,9,12H,1-2,4-6H2,(H,14,15)/t7-,9-/m1/s1. The summed E-state index contributed by atoms with van der Waals surface area (Å²) in [5.41, 5.74) is 0.692. The smallest absolute Gasteiger partial charge is 0.311 e. The second kappa shape index (κ2) is 4.14. The number of allylic oxidation sites excluding steroid dienone is 1. The predicted octanol–water partition coefficient (Wildman–Crippen LogP) is 0.871. The highest BCUT2D eigenvalue weighted by Gasteiger charge is 2.31. The van der Waals surface area contributed by atoms with Gasteiger partial charge in [-0.3, -0.25) is 9.59 Å². The molecule has 4 heteroatoms. The molecule has 1 fully saturated rings. The second-order valence-electron chi connectivity index (χ2n) is 4.22. The third-order valence-corrected chi connectivity index (χ3v) is 3.13. The van der Waals surface area contributed by atoms with E-state index in [2.05, 4.69) is 5.32 Å². The molecule has 15 heavy (non-hydrogen) atoms. The monoisotopic (exact) mass is 209 g/mol. The SMILES string of the molecule is O=C(O)CC(=O)C1=CCC[C@@H]2CC[C@H]1N2. The lowest BCUT2D eigenvalue weighted by atomic mass is 9.95. The first-order valence-electron chi connectivity index (χ1n) is 5.38. The molecule has 2 bridgehead atoms. The van der Waals surface area contributed by atoms with E-state index >= 15 is 0 Å². The zero-order valence-electron chi connectivity index (χ0n) is 8.53. The van der Waals surface area contributed by atoms with Crippen molar-refractivity contribution in [1.29, 1.82) is 0 Å². The van der Waals surface area contributed by atoms with Crippen LogP contribution in [0.3, 0.4) is 0 Å². The van der Waals surface area contributed by atoms with Gasteiger partial charge >= 0.3 is 5.97 Å². The molecule has 0 aromatic carbocycles. The first-order valence-corrected chi connectivity index (χ1v) is 5.38. The maximum absolute atomic E-state index is 11.7. The number of carboxylic acids is 1. The average molecular weight is 209 g/mol. The van der Waals surface area contributed by atoms with Crippen LogP contribution in [0.5, 0.6) is 0 Å². The zero-order chi connectivity index (χ0) is 10.8. The summed E-state index contributed by atoms with van der Waals surface area (Å²) in [6.07, 6.45) is 5.54. The molecule has 0 saturated carbocycles. The fourth-order valence-corrected chi connectivity index (χ4v) is 2.42. The topological polar surface area (TPSA) is 66.4 Å². The molecule has 2 heterocycles. The van der Waals surface area contributed by atoms with Crippen molar-refractivity contribution in [2.45, 2.75) is 44.2 Å². The van der Waals surface area contributed by atoms with Gasteiger partial charge in [0.1, 0.15) is 6.42 Å². The van der Waals surface area contributed by atoms with Crippen LogP contribution in [0.25, 0.3) is 0 Å². The molecule has 2 N–H and O–H groups in total. The van der Waals surface area contributed by atoms with Crippen molar-refractivity contribution in [2.24, 2.45) is 0 Å². The van der Waals surface area contributed by atoms with E-state index in [1.165, 1.54) is 0 Å². The van der Waals surface area contributed by atoms with E-state index in [0.717, 1.165) is 25.7 Å². The molecule has 0 aromatic heterocycles. The van der Waals surface area contributed by atoms with E-state index in [4.69, 9.17) is 5.11 Å². The Morgan fingerprint density at radius 1 is 1.40 bits per heavy atom. The van der Waals surface area contributed by atoms with E-state index in [1.807, 2.05) is 6.08 Å². The van der Waals surface area contributed by atoms with Crippen molar-refractivity contribution in [3.8, 4) is 0 Å². The van der Waals surface area contributed by atoms with Crippen molar-refractivity contribution in [3.63, 3.8) is 0 Å². The molecule has 0 radical (unpaired) electrons. The Balaban J connectivity index is 2.09. The third kappa shape index (κ3) is 2.26. The first-order chi connectivity index (χ1) is 7.16. The minimum atomic E-state index is -1.04. The molecule has 4 nitrogen and oxygen atoms in total. The van der Waals surface area contributed by atoms with Crippen LogP contribution in [0.15, 0.2) is 11.6 Å². The molecule has 82 valence electrons. The van der Waals surface area contributed by atoms with Gasteiger partial charge in [0.2, 0.25) is 0 Å². The summed E-state index contributed by atoms with van der Waals surface area (Å²) in [5.74, 6) is -1.28. The lowest BCUT2D eigenvalue weighted by Gasteiger charge is -2.12. The highest BCUT2D eigenvalue weighted by atomic mass is 16.4. The van der Waals surface area contributed by atoms with E-state index in [-0.39, 0.29) is 18.2 Å². The number of hydrogen-bond acceptors (Lipinski definition) is 3. The van der Waals surface area contributed by atoms with Crippen molar-refractivity contribution in [1.82, 2.24) is 5.32 Å². The van der Waals surface area contributed by atoms with Crippen LogP contribution in [-0.2, 0) is 9.59 Å². The van der Waals surface area contributed by atoms with Crippen molar-refractivity contribution >= 4 is 11.8 Å². The highest BCUT2D eigenvalue weighted by molar-refractivity contribution is 6.05. The Bertz CT molecular complexity index is 322. The van der Waals surface area contributed by atoms with Crippen LogP contribution < -0.4 is 5.32 Å². The summed E-state index contributed by atoms with van der Waals surface area (Å²) < 4.78 is 0. The molecule has 0 spiro atoms. The minimum absolute atomic E-state index is 0.101. The molecular formula is C11H15NO3. The normalized spacial score (nSPS) is 29.5. The van der Waals surface area contributed by atoms with Crippen LogP contribution >= 0.6 is 0 Å². The van der Waals surface area contributed by atoms with E-state index in [9.17, 15) is 9.59 Å². The fraction of sp³-hybridized carbons (Fsp3) is 0.636. The number of carbonyl (C=O) groups is 2. The molecular weight excluding hydrogens is 194 g/mol. The van der Waals surface area contributed by atoms with Crippen molar-refractivity contribution in [3.05, 3.63) is 11.6 Å². The molecule has 1 saturated heterocycles. The van der Waals surface area contributed by atoms with Crippen LogP contribution in [-0.4, -0.2) is 28.9 Å². The largest absolute Gasteiger partial charge is 0.481 e. The van der Waals surface area contributed by atoms with Crippen molar-refractivity contribution in [2.75, 3.05) is 0 Å². The van der Waals surface area contributed by atoms with Gasteiger partial charge in [-0.1, -0.05) is 6.08 Å². The van der Waals surface area contributed by atoms with Crippen LogP contribution in [0, 0.1) is 0 Å². The Morgan fingerprint density at radius 2 is 2.20 bits per heavy atom. The summed E-state index contributed by atoms with van der Waals surface area (Å²) in [4.78, 5) is 22.1. The van der Waals surface area contributed by atoms with Gasteiger partial charge in [0.15, 0.2) is 5.78 Å². The van der Waals surface area contributed by atoms with E-state index < -0.39 is 5.97 Å². The van der Waals surface area contributed by atoms with Crippen LogP contribution in [0.4, 0.5) is 0 Å². The van der Waals surface area contributed by atoms with Crippen LogP contribution in [0.2, 0.25) is 0 Å². The third-order valence-electron chi connectivity index (χ3n) is 3.13. The Hall–Kier alpha value is -1.16. The Morgan fingerprint density at radius 3 is 2.93 bits per heavy atom. The summed E-state index contributed by atoms with van der Waals surface area (Å²) in [5, 5.41) is 12.0. The van der Waals surface area contributed by atoms with Gasteiger partial charge in [-0.2, -0.15) is 0 Å². The molecule has 2 atom stereocenters. The van der Waals surface area contributed by atoms with Gasteiger partial charge < -0.3 is 10.4 Å². The number of nitrogens with one attached hydrogen (secondary N) is 1. The number of hydrogen-bond donors (Lipinski definition) is 2. The fourth-order valence-electron chi connectivity index (χ4n) is 2.42. The number of fused-ring (bicyclic) bond motifs is 2. The van der Waals surface area contributed by atoms with Gasteiger partial charge in [0.05, 0.1) is 0 Å². The molecule has 2 aliphatic heterocycles. The van der Waals surface area contributed by atoms with Crippen molar-refractivity contribution < 1.29 is 14.7 Å². The second-order valence-corrected chi connectivity index (χ2v) is 4.22. The quantitative estimate of drug-likeness (QED) is 0.677. The summed E-state index contributed by atoms with van der Waals surface area (Å²) in [6.45, 7) is 0. The summed E-state index contributed by atoms with van der Waals surface area (Å²) >= 11 is 0. The van der Waals surface area contributed by atoms with Crippen LogP contribution in [0.1, 0.15) is 32.1 Å². The van der Waals surface area contributed by atoms with E-state index in [1.54, 1.807) is 0 Å². The summed E-state index contributed by atoms with van der Waals surface area (Å²) in [7, 11) is 0. The number of ketones is 1. The van der Waals surface area contributed by atoms with Gasteiger partial charge in [-0.25, -0.2) is 0 Å². The molecule has 2 aliphatic rings. The number of carboxylic acid groups (broad SMARTS) is 1. The number of Topliss-reactive ketones (excluding diaryl/α,β-unsaturated/α-hetero) is 1.